The number of nitrogens with zero attached hydrogens (tertiary/aromatic N) is 15. The zero-order valence-corrected chi connectivity index (χ0v) is 85.4. The summed E-state index contributed by atoms with van der Waals surface area (Å²) >= 11 is 69.6. The zero-order chi connectivity index (χ0) is 98.1. The normalized spacial score (nSPS) is 37.2. The molecule has 9 aromatic heterocycles. The first kappa shape index (κ1) is 103. The van der Waals surface area contributed by atoms with Crippen LogP contribution >= 0.6 is 156 Å². The van der Waals surface area contributed by atoms with Crippen LogP contribution in [-0.4, -0.2) is 277 Å². The second-order valence-electron chi connectivity index (χ2n) is 31.0. The van der Waals surface area contributed by atoms with Gasteiger partial charge in [0.25, 0.3) is 0 Å². The molecule has 6 bridgehead atoms. The van der Waals surface area contributed by atoms with Gasteiger partial charge in [0.1, 0.15) is 160 Å². The van der Waals surface area contributed by atoms with Crippen molar-refractivity contribution in [1.82, 2.24) is 72.3 Å². The smallest absolute Gasteiger partial charge is 0.386 e. The molecule has 6 unspecified atom stereocenters. The topological polar surface area (TPSA) is 681 Å². The van der Waals surface area contributed by atoms with Gasteiger partial charge in [-0.15, -0.1) is 0 Å². The molecule has 0 saturated carbocycles. The molecular weight excluding hydrogens is 2260 g/mol. The molecule has 9 saturated heterocycles. The third-order valence-corrected chi connectivity index (χ3v) is 37.0. The Bertz CT molecular complexity index is 7330. The number of aromatic nitrogens is 15. The Hall–Kier alpha value is -3.81. The summed E-state index contributed by atoms with van der Waals surface area (Å²) in [6, 6.07) is 9.22. The second kappa shape index (κ2) is 39.7. The van der Waals surface area contributed by atoms with Gasteiger partial charge in [-0.3, -0.25) is 59.8 Å². The number of rotatable bonds is 6. The fourth-order valence-electron chi connectivity index (χ4n) is 16.2. The van der Waals surface area contributed by atoms with E-state index in [1.54, 1.807) is 0 Å². The van der Waals surface area contributed by atoms with Gasteiger partial charge < -0.3 is 137 Å². The molecule has 744 valence electrons. The Labute approximate surface area is 842 Å². The number of ether oxygens (including phenoxy) is 6. The molecule has 9 aliphatic heterocycles. The van der Waals surface area contributed by atoms with Crippen LogP contribution < -0.4 is 31.8 Å². The van der Waals surface area contributed by atoms with E-state index in [4.69, 9.17) is 229 Å². The van der Waals surface area contributed by atoms with E-state index in [9.17, 15) is 74.1 Å². The van der Waals surface area contributed by atoms with Crippen molar-refractivity contribution in [2.45, 2.75) is 147 Å². The highest BCUT2D eigenvalue weighted by atomic mass is 35.5. The van der Waals surface area contributed by atoms with E-state index in [0.29, 0.717) is 33.1 Å². The summed E-state index contributed by atoms with van der Waals surface area (Å²) in [5, 5.41) is 69.1. The van der Waals surface area contributed by atoms with Crippen molar-refractivity contribution in [2.24, 2.45) is 0 Å². The summed E-state index contributed by atoms with van der Waals surface area (Å²) in [6.45, 7) is -28.7. The third-order valence-electron chi connectivity index (χ3n) is 22.5. The van der Waals surface area contributed by atoms with Gasteiger partial charge in [0.05, 0.1) is 122 Å². The van der Waals surface area contributed by atoms with Gasteiger partial charge in [0.2, 0.25) is 0 Å². The Balaban J connectivity index is 0.000000132. The standard InChI is InChI=1S/3C22H22Cl2N6O11P2S3/c23-7-1-9-10(2-8(7)24)29(6-28-9)20-13(31)15-11(38-20)3-36-43(35,45)41-16-12(4-37-42(34,44)40-15)39-21(14(16)32)30-19-17(46-22(30)33)18(25)26-5-27-19;23-7-1-9-10(2-8(7)24)29(6-28-9)21-16-13(31)11(38-21)3-36-42(34,44)40-15-12(4-37-43(35,45)41-16)39-20(14(15)32)30-19-17(46-22(30)33)18(25)26-5-27-19;23-7-1-9-10(2-8(7)24)29(6-28-9)20-15-13(31)11(38-20)3-36-43(35,45)41-16-14(32)12(4-37-42(34,44)40-15)39-21(16)30-19-17(46-22(30)33)18(25)26-5-27-19/h3*1-2,5-6,11-16,20-21,31-32H,3-4H2,(H,34,44)(H,35,45)(H2,25,26,27)/t3*11-,12-,13-,14-,15-,16-,20-,21-,42?,43?/m111/s1. The molecule has 18 heterocycles. The predicted molar refractivity (Wildman–Crippen MR) is 511 cm³/mol. The summed E-state index contributed by atoms with van der Waals surface area (Å²) in [5.41, 5.74) is 20.6. The number of imidazole rings is 3. The van der Waals surface area contributed by atoms with E-state index >= 15 is 0 Å². The Kier molecular flexibility index (Phi) is 29.6. The number of benzene rings is 3. The molecule has 72 heteroatoms. The number of halogens is 6. The molecule has 138 heavy (non-hydrogen) atoms. The van der Waals surface area contributed by atoms with Crippen LogP contribution in [0.25, 0.3) is 64.1 Å². The average molecular weight is 2330 g/mol. The monoisotopic (exact) mass is 2320 g/mol. The Morgan fingerprint density at radius 3 is 0.935 bits per heavy atom. The van der Waals surface area contributed by atoms with Crippen molar-refractivity contribution in [3.63, 3.8) is 0 Å². The highest BCUT2D eigenvalue weighted by Crippen LogP contribution is 2.61. The fourth-order valence-corrected chi connectivity index (χ4v) is 28.4. The maximum atomic E-state index is 13.5. The van der Waals surface area contributed by atoms with E-state index in [-0.39, 0.29) is 78.6 Å². The number of hydrogen-bond donors (Lipinski definition) is 15. The molecule has 0 spiro atoms. The Morgan fingerprint density at radius 1 is 0.341 bits per heavy atom. The van der Waals surface area contributed by atoms with Crippen LogP contribution in [0.2, 0.25) is 30.1 Å². The van der Waals surface area contributed by atoms with Crippen LogP contribution in [0.3, 0.4) is 0 Å². The van der Waals surface area contributed by atoms with Gasteiger partial charge in [-0.2, -0.15) is 0 Å². The van der Waals surface area contributed by atoms with E-state index in [1.807, 2.05) is 0 Å². The van der Waals surface area contributed by atoms with E-state index < -0.39 is 242 Å². The molecule has 30 atom stereocenters. The number of hydrogen-bond acceptors (Lipinski definition) is 48. The van der Waals surface area contributed by atoms with E-state index in [0.717, 1.165) is 66.7 Å². The van der Waals surface area contributed by atoms with Gasteiger partial charge in [0, 0.05) is 0 Å². The number of fused-ring (bicyclic) bond motifs is 15. The van der Waals surface area contributed by atoms with Gasteiger partial charge >= 0.3 is 55.0 Å². The zero-order valence-electron chi connectivity index (χ0n) is 68.0. The SMILES string of the molecule is Nc1ncnc2c1sc(=O)n2[C@@H]1O[C@@H]2COP(O)(=S)O[C@@H]3[C@H](O)[C@@H](COP(O)(=S)O[C@@H]1[C@@H]2O)O[C@H]3n1cnc2cc(Cl)c(Cl)cc21.Nc1ncnc2c1sc(=O)n2[C@@H]1O[C@@H]2COP(O)(=S)O[C@@H]3[C@H](O)[C@@H](COP(O)(=S)O[C@H]2[C@H]1O)O[C@H]3n1cnc2cc(Cl)c(Cl)cc21.Nc1ncnc2c1sc(=O)n2[C@@H]1O[C@@H]2COP(O)(=S)O[C@H]3[C@@H](O)[C@H](n4cnc5cc(Cl)c(Cl)cc54)O[C@@H]3COP(=O)(S)O[C@H]2[C@H]1O. The first-order valence-corrected chi connectivity index (χ1v) is 59.8. The van der Waals surface area contributed by atoms with Crippen LogP contribution in [0.5, 0.6) is 0 Å². The van der Waals surface area contributed by atoms with Crippen LogP contribution in [0.1, 0.15) is 37.4 Å². The van der Waals surface area contributed by atoms with Crippen molar-refractivity contribution >= 4 is 297 Å². The molecule has 12 aromatic rings. The van der Waals surface area contributed by atoms with Crippen molar-refractivity contribution in [2.75, 3.05) is 56.8 Å². The van der Waals surface area contributed by atoms with Gasteiger partial charge in [-0.25, -0.2) is 49.4 Å². The highest BCUT2D eigenvalue weighted by molar-refractivity contribution is 8.44. The number of nitrogens with two attached hydrogens (primary N) is 3. The van der Waals surface area contributed by atoms with Crippen molar-refractivity contribution in [3.05, 3.63) is 134 Å². The van der Waals surface area contributed by atoms with Crippen LogP contribution in [0.4, 0.5) is 17.5 Å². The average Bonchev–Trinajstić information content (AvgIpc) is 1.56. The van der Waals surface area contributed by atoms with Gasteiger partial charge in [0.15, 0.2) is 54.3 Å². The van der Waals surface area contributed by atoms with Gasteiger partial charge in [-0.05, 0) is 95.4 Å². The van der Waals surface area contributed by atoms with Crippen LogP contribution in [0.15, 0.2) is 88.7 Å². The lowest BCUT2D eigenvalue weighted by Crippen LogP contribution is -2.39. The lowest BCUT2D eigenvalue weighted by molar-refractivity contribution is -0.0618. The molecular formula is C66H66Cl6N18O33P6S9. The molecule has 0 amide bonds. The molecule has 9 fully saturated rings. The largest absolute Gasteiger partial charge is 0.387 e. The molecule has 17 N–H and O–H groups in total. The van der Waals surface area contributed by atoms with E-state index in [1.165, 1.54) is 69.1 Å². The maximum Gasteiger partial charge on any atom is 0.386 e. The lowest BCUT2D eigenvalue weighted by Gasteiger charge is -2.29. The number of thiazole rings is 3. The first-order chi connectivity index (χ1) is 65.2. The van der Waals surface area contributed by atoms with Crippen LogP contribution in [0, 0.1) is 0 Å². The van der Waals surface area contributed by atoms with Crippen molar-refractivity contribution < 1.29 is 142 Å². The summed E-state index contributed by atoms with van der Waals surface area (Å²) in [6.07, 6.45) is -25.5. The second-order valence-corrected chi connectivity index (χ2v) is 53.2. The molecule has 21 rings (SSSR count). The summed E-state index contributed by atoms with van der Waals surface area (Å²) < 4.78 is 126. The fraction of sp³-hybridized carbons (Fsp3) is 0.455. The highest BCUT2D eigenvalue weighted by Gasteiger charge is 2.58. The molecule has 0 radical (unpaired) electrons. The summed E-state index contributed by atoms with van der Waals surface area (Å²) in [5.74, 6) is 0.129. The third kappa shape index (κ3) is 20.2. The molecule has 51 nitrogen and oxygen atoms in total. The van der Waals surface area contributed by atoms with Crippen LogP contribution in [-0.2, 0) is 146 Å². The quantitative estimate of drug-likeness (QED) is 0.0721. The van der Waals surface area contributed by atoms with E-state index in [2.05, 4.69) is 57.1 Å². The van der Waals surface area contributed by atoms with Crippen molar-refractivity contribution in [3.8, 4) is 0 Å². The predicted octanol–water partition coefficient (Wildman–Crippen LogP) is 5.50. The summed E-state index contributed by atoms with van der Waals surface area (Å²) in [4.78, 5) is 129. The number of anilines is 3. The number of thiol groups is 1. The molecule has 0 aliphatic carbocycles. The minimum atomic E-state index is -4.33. The molecule has 3 aromatic carbocycles. The maximum absolute atomic E-state index is 13.5. The number of nitrogen functional groups attached to an aromatic ring is 3. The minimum absolute atomic E-state index is 0.0383. The summed E-state index contributed by atoms with van der Waals surface area (Å²) in [7, 11) is 0. The van der Waals surface area contributed by atoms with Crippen molar-refractivity contribution in [1.29, 1.82) is 0 Å². The minimum Gasteiger partial charge on any atom is -0.387 e. The Morgan fingerprint density at radius 2 is 0.594 bits per heavy atom. The lowest BCUT2D eigenvalue weighted by atomic mass is 10.1. The molecule has 9 aliphatic rings. The number of aliphatic hydroxyl groups excluding tert-OH is 6. The first-order valence-electron chi connectivity index (χ1n) is 39.4. The van der Waals surface area contributed by atoms with Gasteiger partial charge in [-0.1, -0.05) is 116 Å². The number of aliphatic hydroxyl groups is 6.